The van der Waals surface area contributed by atoms with E-state index in [-0.39, 0.29) is 11.5 Å². The van der Waals surface area contributed by atoms with Crippen LogP contribution in [0.15, 0.2) is 42.5 Å². The molecule has 0 aliphatic heterocycles. The highest BCUT2D eigenvalue weighted by Crippen LogP contribution is 2.30. The Kier molecular flexibility index (Phi) is 9.85. The molecule has 0 aliphatic carbocycles. The molecule has 0 spiro atoms. The predicted molar refractivity (Wildman–Crippen MR) is 133 cm³/mol. The van der Waals surface area contributed by atoms with Gasteiger partial charge < -0.3 is 30.2 Å². The highest BCUT2D eigenvalue weighted by atomic mass is 35.6. The molecule has 0 bridgehead atoms. The Morgan fingerprint density at radius 3 is 2.21 bits per heavy atom. The lowest BCUT2D eigenvalue weighted by Crippen LogP contribution is -2.56. The van der Waals surface area contributed by atoms with Gasteiger partial charge >= 0.3 is 5.97 Å². The summed E-state index contributed by atoms with van der Waals surface area (Å²) >= 11 is 23.4. The molecule has 1 atom stereocenters. The van der Waals surface area contributed by atoms with Crippen LogP contribution in [0, 0.1) is 0 Å². The van der Waals surface area contributed by atoms with E-state index >= 15 is 0 Å². The number of carbonyl (C=O) groups is 2. The molecule has 0 fully saturated rings. The third-order valence-corrected chi connectivity index (χ3v) is 5.19. The van der Waals surface area contributed by atoms with Crippen LogP contribution < -0.4 is 25.4 Å². The van der Waals surface area contributed by atoms with Crippen LogP contribution in [0.25, 0.3) is 0 Å². The van der Waals surface area contributed by atoms with Gasteiger partial charge in [0, 0.05) is 17.3 Å². The zero-order valence-electron chi connectivity index (χ0n) is 17.9. The van der Waals surface area contributed by atoms with Gasteiger partial charge in [0.05, 0.1) is 33.3 Å². The number of nitrogens with one attached hydrogen (secondary N) is 3. The lowest BCUT2D eigenvalue weighted by molar-refractivity contribution is -0.121. The summed E-state index contributed by atoms with van der Waals surface area (Å²) < 4.78 is 13.2. The second kappa shape index (κ2) is 12.1. The molecule has 1 amide bonds. The molecule has 33 heavy (non-hydrogen) atoms. The molecule has 0 aliphatic rings. The van der Waals surface area contributed by atoms with Crippen molar-refractivity contribution in [3.05, 3.63) is 53.6 Å². The maximum atomic E-state index is 12.6. The van der Waals surface area contributed by atoms with E-state index in [4.69, 9.17) is 56.5 Å². The van der Waals surface area contributed by atoms with Crippen LogP contribution in [0.4, 0.5) is 5.69 Å². The monoisotopic (exact) mass is 533 g/mol. The van der Waals surface area contributed by atoms with Gasteiger partial charge in [-0.25, -0.2) is 4.79 Å². The summed E-state index contributed by atoms with van der Waals surface area (Å²) in [6.07, 6.45) is -1.19. The summed E-state index contributed by atoms with van der Waals surface area (Å²) in [5.41, 5.74) is 1.56. The summed E-state index contributed by atoms with van der Waals surface area (Å²) in [6, 6.07) is 11.5. The van der Waals surface area contributed by atoms with E-state index in [1.165, 1.54) is 21.3 Å². The highest BCUT2D eigenvalue weighted by molar-refractivity contribution is 7.80. The molecule has 0 radical (unpaired) electrons. The highest BCUT2D eigenvalue weighted by Gasteiger charge is 2.34. The number of hydrogen-bond donors (Lipinski definition) is 3. The Morgan fingerprint density at radius 1 is 1.00 bits per heavy atom. The minimum Gasteiger partial charge on any atom is -0.497 e. The summed E-state index contributed by atoms with van der Waals surface area (Å²) in [6.45, 7) is 0. The minimum atomic E-state index is -1.92. The Labute approximate surface area is 211 Å². The Balaban J connectivity index is 2.04. The van der Waals surface area contributed by atoms with Crippen molar-refractivity contribution in [1.29, 1.82) is 0 Å². The molecule has 0 aromatic heterocycles. The minimum absolute atomic E-state index is 0.0404. The molecule has 1 unspecified atom stereocenters. The van der Waals surface area contributed by atoms with Crippen molar-refractivity contribution in [2.45, 2.75) is 16.4 Å². The second-order valence-electron chi connectivity index (χ2n) is 6.56. The lowest BCUT2D eigenvalue weighted by atomic mass is 10.1. The zero-order chi connectivity index (χ0) is 24.6. The van der Waals surface area contributed by atoms with Gasteiger partial charge in [-0.15, -0.1) is 0 Å². The van der Waals surface area contributed by atoms with Crippen molar-refractivity contribution < 1.29 is 23.8 Å². The first-order valence-electron chi connectivity index (χ1n) is 9.40. The molecular weight excluding hydrogens is 513 g/mol. The third kappa shape index (κ3) is 8.12. The number of alkyl halides is 3. The average molecular weight is 535 g/mol. The first-order valence-corrected chi connectivity index (χ1v) is 10.9. The molecule has 2 rings (SSSR count). The van der Waals surface area contributed by atoms with Crippen molar-refractivity contribution in [2.24, 2.45) is 0 Å². The molecule has 0 saturated heterocycles. The number of rotatable bonds is 8. The van der Waals surface area contributed by atoms with E-state index in [0.29, 0.717) is 28.3 Å². The van der Waals surface area contributed by atoms with Gasteiger partial charge in [0.15, 0.2) is 5.11 Å². The maximum Gasteiger partial charge on any atom is 0.337 e. The lowest BCUT2D eigenvalue weighted by Gasteiger charge is -2.28. The van der Waals surface area contributed by atoms with Gasteiger partial charge in [-0.1, -0.05) is 40.9 Å². The van der Waals surface area contributed by atoms with Crippen molar-refractivity contribution in [3.63, 3.8) is 0 Å². The van der Waals surface area contributed by atoms with Crippen LogP contribution in [0.5, 0.6) is 11.5 Å². The largest absolute Gasteiger partial charge is 0.497 e. The Bertz CT molecular complexity index is 1000. The van der Waals surface area contributed by atoms with Crippen molar-refractivity contribution in [1.82, 2.24) is 10.6 Å². The average Bonchev–Trinajstić information content (AvgIpc) is 2.78. The van der Waals surface area contributed by atoms with E-state index in [9.17, 15) is 9.59 Å². The van der Waals surface area contributed by atoms with Gasteiger partial charge in [-0.05, 0) is 42.5 Å². The topological polar surface area (TPSA) is 97.9 Å². The zero-order valence-corrected chi connectivity index (χ0v) is 21.0. The number of methoxy groups -OCH3 is 3. The molecule has 8 nitrogen and oxygen atoms in total. The second-order valence-corrected chi connectivity index (χ2v) is 9.34. The van der Waals surface area contributed by atoms with E-state index in [2.05, 4.69) is 20.7 Å². The van der Waals surface area contributed by atoms with Crippen LogP contribution in [0.1, 0.15) is 15.9 Å². The summed E-state index contributed by atoms with van der Waals surface area (Å²) in [4.78, 5) is 24.2. The van der Waals surface area contributed by atoms with Gasteiger partial charge in [-0.2, -0.15) is 0 Å². The fraction of sp³-hybridized carbons (Fsp3) is 0.286. The quantitative estimate of drug-likeness (QED) is 0.203. The molecule has 178 valence electrons. The molecule has 3 N–H and O–H groups in total. The van der Waals surface area contributed by atoms with Crippen LogP contribution in [0.2, 0.25) is 0 Å². The number of esters is 1. The number of anilines is 1. The fourth-order valence-corrected chi connectivity index (χ4v) is 3.25. The number of thiocarbonyl (C=S) groups is 1. The smallest absolute Gasteiger partial charge is 0.337 e. The van der Waals surface area contributed by atoms with Crippen LogP contribution in [-0.2, 0) is 16.0 Å². The first-order chi connectivity index (χ1) is 15.6. The predicted octanol–water partition coefficient (Wildman–Crippen LogP) is 3.83. The molecular formula is C21H22Cl3N3O5S. The van der Waals surface area contributed by atoms with E-state index in [1.807, 2.05) is 0 Å². The standard InChI is InChI=1S/C21H22Cl3N3O5S/c1-30-15-9-6-13(16(11-15)31-2)10-17(28)26-19(21(22,23)24)27-20(33)25-14-7-4-12(5-8-14)18(29)32-3/h4-9,11,19H,10H2,1-3H3,(H,26,28)(H2,25,27,33). The van der Waals surface area contributed by atoms with E-state index in [0.717, 1.165) is 0 Å². The van der Waals surface area contributed by atoms with Crippen molar-refractivity contribution >= 4 is 69.7 Å². The molecule has 2 aromatic rings. The maximum absolute atomic E-state index is 12.6. The number of amides is 1. The Morgan fingerprint density at radius 2 is 1.67 bits per heavy atom. The number of benzene rings is 2. The molecule has 2 aromatic carbocycles. The van der Waals surface area contributed by atoms with Crippen LogP contribution in [-0.4, -0.2) is 48.3 Å². The normalized spacial score (nSPS) is 11.7. The Hall–Kier alpha value is -2.46. The van der Waals surface area contributed by atoms with Crippen LogP contribution >= 0.6 is 47.0 Å². The van der Waals surface area contributed by atoms with Gasteiger partial charge in [-0.3, -0.25) is 4.79 Å². The van der Waals surface area contributed by atoms with Gasteiger partial charge in [0.2, 0.25) is 9.70 Å². The van der Waals surface area contributed by atoms with E-state index in [1.54, 1.807) is 42.5 Å². The third-order valence-electron chi connectivity index (χ3n) is 4.32. The molecule has 0 heterocycles. The van der Waals surface area contributed by atoms with Crippen LogP contribution in [0.3, 0.4) is 0 Å². The SMILES string of the molecule is COC(=O)c1ccc(NC(=S)NC(NC(=O)Cc2ccc(OC)cc2OC)C(Cl)(Cl)Cl)cc1. The van der Waals surface area contributed by atoms with Crippen molar-refractivity contribution in [2.75, 3.05) is 26.6 Å². The van der Waals surface area contributed by atoms with E-state index < -0.39 is 21.8 Å². The van der Waals surface area contributed by atoms with Gasteiger partial charge in [0.25, 0.3) is 0 Å². The number of ether oxygens (including phenoxy) is 3. The first kappa shape index (κ1) is 26.8. The summed E-state index contributed by atoms with van der Waals surface area (Å²) in [5.74, 6) is 0.172. The fourth-order valence-electron chi connectivity index (χ4n) is 2.69. The number of halogens is 3. The number of hydrogen-bond acceptors (Lipinski definition) is 6. The summed E-state index contributed by atoms with van der Waals surface area (Å²) in [5, 5.41) is 8.35. The molecule has 12 heteroatoms. The summed E-state index contributed by atoms with van der Waals surface area (Å²) in [7, 11) is 4.32. The van der Waals surface area contributed by atoms with Crippen molar-refractivity contribution in [3.8, 4) is 11.5 Å². The van der Waals surface area contributed by atoms with Gasteiger partial charge in [0.1, 0.15) is 17.7 Å². The molecule has 0 saturated carbocycles. The number of carbonyl (C=O) groups excluding carboxylic acids is 2.